The number of thiocarbonyl (C=S) groups is 1. The molecule has 0 atom stereocenters. The van der Waals surface area contributed by atoms with E-state index in [0.29, 0.717) is 23.2 Å². The lowest BCUT2D eigenvalue weighted by atomic mass is 10.2. The first-order valence-electron chi connectivity index (χ1n) is 7.62. The monoisotopic (exact) mass is 351 g/mol. The number of aromatic amines is 1. The number of nitrogen functional groups attached to an aromatic ring is 1. The molecule has 0 radical (unpaired) electrons. The molecule has 1 heterocycles. The van der Waals surface area contributed by atoms with Gasteiger partial charge in [0.15, 0.2) is 22.4 Å². The molecule has 0 aliphatic carbocycles. The summed E-state index contributed by atoms with van der Waals surface area (Å²) in [5, 5.41) is 21.6. The van der Waals surface area contributed by atoms with Crippen molar-refractivity contribution < 1.29 is 0 Å². The highest BCUT2D eigenvalue weighted by atomic mass is 32.1. The smallest absolute Gasteiger partial charge is 0.175 e. The number of H-pyrrole nitrogens is 1. The predicted octanol–water partition coefficient (Wildman–Crippen LogP) is 3.89. The van der Waals surface area contributed by atoms with Crippen LogP contribution in [0.15, 0.2) is 70.9 Å². The Morgan fingerprint density at radius 2 is 1.72 bits per heavy atom. The summed E-state index contributed by atoms with van der Waals surface area (Å²) in [5.74, 6) is 0.732. The van der Waals surface area contributed by atoms with Crippen molar-refractivity contribution in [3.05, 3.63) is 66.2 Å². The van der Waals surface area contributed by atoms with Crippen LogP contribution in [0.25, 0.3) is 0 Å². The number of nitrogens with two attached hydrogens (primary N) is 1. The van der Waals surface area contributed by atoms with E-state index in [2.05, 4.69) is 31.1 Å². The van der Waals surface area contributed by atoms with Crippen molar-refractivity contribution in [3.63, 3.8) is 0 Å². The fraction of sp³-hybridized carbons (Fsp3) is 0.0588. The van der Waals surface area contributed by atoms with Gasteiger partial charge in [0.1, 0.15) is 0 Å². The Morgan fingerprint density at radius 3 is 2.44 bits per heavy atom. The highest BCUT2D eigenvalue weighted by molar-refractivity contribution is 7.80. The molecule has 25 heavy (non-hydrogen) atoms. The standard InChI is InChI=1S/C17H17N7S/c18-15-14(22-21-13-9-5-2-6-10-13)16(24-23-15)20-17(25)19-11-12-7-3-1-4-8-12/h1-10H,11H2,(H5,18,19,20,23,24,25). The molecule has 0 saturated carbocycles. The average Bonchev–Trinajstić information content (AvgIpc) is 2.99. The van der Waals surface area contributed by atoms with E-state index in [1.54, 1.807) is 0 Å². The van der Waals surface area contributed by atoms with Crippen molar-refractivity contribution in [1.29, 1.82) is 0 Å². The van der Waals surface area contributed by atoms with E-state index in [1.165, 1.54) is 0 Å². The lowest BCUT2D eigenvalue weighted by Gasteiger charge is -2.09. The van der Waals surface area contributed by atoms with Crippen molar-refractivity contribution in [2.75, 3.05) is 11.1 Å². The number of azo groups is 1. The largest absolute Gasteiger partial charge is 0.380 e. The third kappa shape index (κ3) is 4.61. The quantitative estimate of drug-likeness (QED) is 0.412. The van der Waals surface area contributed by atoms with E-state index in [-0.39, 0.29) is 5.82 Å². The molecule has 3 rings (SSSR count). The number of benzene rings is 2. The zero-order valence-corrected chi connectivity index (χ0v) is 14.1. The van der Waals surface area contributed by atoms with E-state index in [0.717, 1.165) is 11.3 Å². The number of rotatable bonds is 5. The van der Waals surface area contributed by atoms with Crippen molar-refractivity contribution >= 4 is 40.3 Å². The molecule has 0 saturated heterocycles. The number of nitrogens with zero attached hydrogens (tertiary/aromatic N) is 3. The zero-order valence-electron chi connectivity index (χ0n) is 13.3. The third-order valence-corrected chi connectivity index (χ3v) is 3.57. The summed E-state index contributed by atoms with van der Waals surface area (Å²) < 4.78 is 0. The van der Waals surface area contributed by atoms with Gasteiger partial charge in [-0.25, -0.2) is 0 Å². The van der Waals surface area contributed by atoms with Crippen LogP contribution in [0.3, 0.4) is 0 Å². The summed E-state index contributed by atoms with van der Waals surface area (Å²) in [4.78, 5) is 0. The zero-order chi connectivity index (χ0) is 17.5. The minimum Gasteiger partial charge on any atom is -0.380 e. The summed E-state index contributed by atoms with van der Waals surface area (Å²) in [5.41, 5.74) is 8.10. The van der Waals surface area contributed by atoms with Gasteiger partial charge in [0.05, 0.1) is 5.69 Å². The van der Waals surface area contributed by atoms with E-state index in [9.17, 15) is 0 Å². The third-order valence-electron chi connectivity index (χ3n) is 3.32. The second kappa shape index (κ2) is 8.02. The van der Waals surface area contributed by atoms with Gasteiger partial charge in [-0.05, 0) is 29.9 Å². The predicted molar refractivity (Wildman–Crippen MR) is 103 cm³/mol. The van der Waals surface area contributed by atoms with E-state index in [4.69, 9.17) is 18.0 Å². The Bertz CT molecular complexity index is 859. The molecule has 5 N–H and O–H groups in total. The lowest BCUT2D eigenvalue weighted by molar-refractivity contribution is 0.924. The van der Waals surface area contributed by atoms with Gasteiger partial charge in [-0.15, -0.1) is 5.11 Å². The fourth-order valence-electron chi connectivity index (χ4n) is 2.08. The van der Waals surface area contributed by atoms with Crippen molar-refractivity contribution in [1.82, 2.24) is 15.5 Å². The number of hydrogen-bond acceptors (Lipinski definition) is 5. The molecule has 0 aliphatic rings. The highest BCUT2D eigenvalue weighted by Crippen LogP contribution is 2.30. The molecule has 3 aromatic rings. The molecular formula is C17H17N7S. The van der Waals surface area contributed by atoms with Crippen LogP contribution in [-0.2, 0) is 6.54 Å². The Kier molecular flexibility index (Phi) is 5.32. The van der Waals surface area contributed by atoms with Crippen LogP contribution >= 0.6 is 12.2 Å². The van der Waals surface area contributed by atoms with Crippen molar-refractivity contribution in [2.45, 2.75) is 6.54 Å². The summed E-state index contributed by atoms with van der Waals surface area (Å²) >= 11 is 5.30. The molecular weight excluding hydrogens is 334 g/mol. The molecule has 0 aliphatic heterocycles. The molecule has 8 heteroatoms. The van der Waals surface area contributed by atoms with Crippen LogP contribution in [0.1, 0.15) is 5.56 Å². The Hall–Kier alpha value is -3.26. The number of nitrogens with one attached hydrogen (secondary N) is 3. The maximum atomic E-state index is 5.85. The number of hydrogen-bond donors (Lipinski definition) is 4. The molecule has 0 fully saturated rings. The van der Waals surface area contributed by atoms with E-state index in [1.807, 2.05) is 60.7 Å². The Morgan fingerprint density at radius 1 is 1.04 bits per heavy atom. The van der Waals surface area contributed by atoms with Gasteiger partial charge in [-0.2, -0.15) is 10.2 Å². The lowest BCUT2D eigenvalue weighted by Crippen LogP contribution is -2.28. The van der Waals surface area contributed by atoms with Crippen LogP contribution < -0.4 is 16.4 Å². The highest BCUT2D eigenvalue weighted by Gasteiger charge is 2.11. The first-order valence-corrected chi connectivity index (χ1v) is 8.02. The molecule has 126 valence electrons. The number of aromatic nitrogens is 2. The van der Waals surface area contributed by atoms with Crippen molar-refractivity contribution in [2.24, 2.45) is 10.2 Å². The molecule has 0 bridgehead atoms. The Balaban J connectivity index is 1.65. The maximum absolute atomic E-state index is 5.85. The van der Waals surface area contributed by atoms with Crippen LogP contribution in [0.5, 0.6) is 0 Å². The summed E-state index contributed by atoms with van der Waals surface area (Å²) in [6.45, 7) is 0.608. The molecule has 7 nitrogen and oxygen atoms in total. The second-order valence-corrected chi connectivity index (χ2v) is 5.57. The summed E-state index contributed by atoms with van der Waals surface area (Å²) in [6.07, 6.45) is 0. The molecule has 0 amide bonds. The minimum absolute atomic E-state index is 0.244. The summed E-state index contributed by atoms with van der Waals surface area (Å²) in [7, 11) is 0. The van der Waals surface area contributed by atoms with Gasteiger partial charge < -0.3 is 16.4 Å². The van der Waals surface area contributed by atoms with Gasteiger partial charge >= 0.3 is 0 Å². The Labute approximate surface area is 150 Å². The van der Waals surface area contributed by atoms with Crippen LogP contribution in [0.4, 0.5) is 23.0 Å². The SMILES string of the molecule is Nc1n[nH]c(NC(=S)NCc2ccccc2)c1N=Nc1ccccc1. The minimum atomic E-state index is 0.244. The number of anilines is 2. The topological polar surface area (TPSA) is 103 Å². The van der Waals surface area contributed by atoms with Crippen LogP contribution in [0, 0.1) is 0 Å². The fourth-order valence-corrected chi connectivity index (χ4v) is 2.25. The average molecular weight is 351 g/mol. The van der Waals surface area contributed by atoms with Crippen LogP contribution in [-0.4, -0.2) is 15.3 Å². The first kappa shape index (κ1) is 16.6. The van der Waals surface area contributed by atoms with Gasteiger partial charge in [-0.1, -0.05) is 48.5 Å². The van der Waals surface area contributed by atoms with Gasteiger partial charge in [-0.3, -0.25) is 5.10 Å². The summed E-state index contributed by atoms with van der Waals surface area (Å²) in [6, 6.07) is 19.3. The van der Waals surface area contributed by atoms with Crippen molar-refractivity contribution in [3.8, 4) is 0 Å². The van der Waals surface area contributed by atoms with Gasteiger partial charge in [0.2, 0.25) is 0 Å². The van der Waals surface area contributed by atoms with Gasteiger partial charge in [0.25, 0.3) is 0 Å². The molecule has 0 unspecified atom stereocenters. The normalized spacial score (nSPS) is 10.7. The maximum Gasteiger partial charge on any atom is 0.175 e. The molecule has 1 aromatic heterocycles. The molecule has 2 aromatic carbocycles. The second-order valence-electron chi connectivity index (χ2n) is 5.16. The van der Waals surface area contributed by atoms with E-state index < -0.39 is 0 Å². The van der Waals surface area contributed by atoms with Crippen LogP contribution in [0.2, 0.25) is 0 Å². The molecule has 0 spiro atoms. The van der Waals surface area contributed by atoms with E-state index >= 15 is 0 Å². The first-order chi connectivity index (χ1) is 12.2. The van der Waals surface area contributed by atoms with Gasteiger partial charge in [0, 0.05) is 6.54 Å².